The first kappa shape index (κ1) is 33.3. The minimum Gasteiger partial charge on any atom is -0.496 e. The van der Waals surface area contributed by atoms with Crippen LogP contribution >= 0.6 is 0 Å². The lowest BCUT2D eigenvalue weighted by atomic mass is 9.94. The Bertz CT molecular complexity index is 1370. The second kappa shape index (κ2) is 17.8. The Hall–Kier alpha value is -4.86. The maximum absolute atomic E-state index is 12.5. The highest BCUT2D eigenvalue weighted by Crippen LogP contribution is 2.25. The van der Waals surface area contributed by atoms with Crippen LogP contribution in [0.2, 0.25) is 0 Å². The molecule has 1 aliphatic rings. The molecule has 2 aromatic carbocycles. The molecule has 1 aromatic heterocycles. The maximum Gasteiger partial charge on any atom is 0.255 e. The Morgan fingerprint density at radius 2 is 1.86 bits per heavy atom. The third-order valence-electron chi connectivity index (χ3n) is 6.26. The number of nitrogens with two attached hydrogens (primary N) is 1. The summed E-state index contributed by atoms with van der Waals surface area (Å²) >= 11 is 0. The molecule has 5 N–H and O–H groups in total. The van der Waals surface area contributed by atoms with Crippen molar-refractivity contribution in [2.75, 3.05) is 25.2 Å². The van der Waals surface area contributed by atoms with E-state index in [0.29, 0.717) is 47.6 Å². The predicted octanol–water partition coefficient (Wildman–Crippen LogP) is 5.24. The van der Waals surface area contributed by atoms with Crippen molar-refractivity contribution in [2.45, 2.75) is 52.1 Å². The normalized spacial score (nSPS) is 14.0. The number of ketones is 1. The number of aromatic nitrogens is 2. The Morgan fingerprint density at radius 3 is 2.48 bits per heavy atom. The molecule has 222 valence electrons. The molecule has 42 heavy (non-hydrogen) atoms. The Balaban J connectivity index is 0.000000797. The number of nitrogens with zero attached hydrogens (tertiary/aromatic N) is 3. The zero-order chi connectivity index (χ0) is 30.9. The van der Waals surface area contributed by atoms with Crippen LogP contribution in [0.3, 0.4) is 0 Å². The average molecular weight is 572 g/mol. The molecule has 10 nitrogen and oxygen atoms in total. The second-order valence-corrected chi connectivity index (χ2v) is 9.34. The number of carbonyl (C=O) groups is 2. The van der Waals surface area contributed by atoms with Gasteiger partial charge in [-0.25, -0.2) is 9.97 Å². The number of anilines is 2. The third-order valence-corrected chi connectivity index (χ3v) is 6.26. The summed E-state index contributed by atoms with van der Waals surface area (Å²) in [6.45, 7) is 7.46. The van der Waals surface area contributed by atoms with Crippen molar-refractivity contribution in [2.24, 2.45) is 4.99 Å². The average Bonchev–Trinajstić information content (AvgIpc) is 3.00. The zero-order valence-corrected chi connectivity index (χ0v) is 24.8. The van der Waals surface area contributed by atoms with E-state index >= 15 is 0 Å². The van der Waals surface area contributed by atoms with Crippen molar-refractivity contribution in [1.29, 1.82) is 5.41 Å². The van der Waals surface area contributed by atoms with Crippen molar-refractivity contribution in [3.8, 4) is 5.75 Å². The van der Waals surface area contributed by atoms with Gasteiger partial charge in [0.1, 0.15) is 29.5 Å². The van der Waals surface area contributed by atoms with Crippen LogP contribution in [0.1, 0.15) is 66.6 Å². The zero-order valence-electron chi connectivity index (χ0n) is 24.8. The lowest BCUT2D eigenvalue weighted by Crippen LogP contribution is -2.29. The number of benzene rings is 2. The number of para-hydroxylation sites is 1. The number of nitrogen functional groups attached to an aromatic ring is 1. The van der Waals surface area contributed by atoms with Crippen LogP contribution in [0.5, 0.6) is 5.75 Å². The van der Waals surface area contributed by atoms with Gasteiger partial charge in [0.2, 0.25) is 0 Å². The summed E-state index contributed by atoms with van der Waals surface area (Å²) < 4.78 is 5.25. The quantitative estimate of drug-likeness (QED) is 0.213. The number of rotatable bonds is 8. The number of aliphatic imine (C=N–C) groups is 1. The SMILES string of the molecule is C=CC.CC=NC.COc1ccccc1C(=O)NCc1ccc(C(=N)c2c(N)ncnc2NC2CCCC(=O)C2)cc1. The molecular formula is C32H41N7O3. The van der Waals surface area contributed by atoms with E-state index < -0.39 is 0 Å². The first-order valence-corrected chi connectivity index (χ1v) is 13.7. The van der Waals surface area contributed by atoms with Gasteiger partial charge < -0.3 is 26.1 Å². The number of methoxy groups -OCH3 is 1. The smallest absolute Gasteiger partial charge is 0.255 e. The van der Waals surface area contributed by atoms with E-state index in [9.17, 15) is 9.59 Å². The molecule has 1 atom stereocenters. The number of carbonyl (C=O) groups excluding carboxylic acids is 2. The molecule has 0 radical (unpaired) electrons. The molecular weight excluding hydrogens is 530 g/mol. The van der Waals surface area contributed by atoms with E-state index in [-0.39, 0.29) is 29.3 Å². The van der Waals surface area contributed by atoms with Gasteiger partial charge in [0.15, 0.2) is 0 Å². The molecule has 1 saturated carbocycles. The highest BCUT2D eigenvalue weighted by atomic mass is 16.5. The van der Waals surface area contributed by atoms with Crippen LogP contribution in [0.15, 0.2) is 72.5 Å². The number of nitrogens with one attached hydrogen (secondary N) is 3. The predicted molar refractivity (Wildman–Crippen MR) is 170 cm³/mol. The first-order valence-electron chi connectivity index (χ1n) is 13.7. The van der Waals surface area contributed by atoms with Crippen molar-refractivity contribution < 1.29 is 14.3 Å². The molecule has 0 spiro atoms. The number of hydrogen-bond donors (Lipinski definition) is 4. The fourth-order valence-corrected chi connectivity index (χ4v) is 4.14. The fraction of sp³-hybridized carbons (Fsp3) is 0.312. The standard InChI is InChI=1S/C26H28N6O3.C3H7N.C3H6/c1-35-21-8-3-2-7-20(21)26(34)29-14-16-9-11-17(12-10-16)23(27)22-24(28)30-15-31-25(22)32-18-5-4-6-19(33)13-18;1-3-4-2;1-3-2/h2-3,7-12,15,18,27H,4-6,13-14H2,1H3,(H,29,34)(H3,28,30,31,32);3H,1-2H3;3H,1H2,2H3. The summed E-state index contributed by atoms with van der Waals surface area (Å²) in [6, 6.07) is 14.3. The van der Waals surface area contributed by atoms with Gasteiger partial charge in [-0.1, -0.05) is 42.5 Å². The molecule has 1 amide bonds. The molecule has 3 aromatic rings. The van der Waals surface area contributed by atoms with E-state index in [0.717, 1.165) is 18.4 Å². The van der Waals surface area contributed by atoms with Gasteiger partial charge >= 0.3 is 0 Å². The molecule has 1 fully saturated rings. The number of amides is 1. The maximum atomic E-state index is 12.5. The van der Waals surface area contributed by atoms with Crippen molar-refractivity contribution in [3.63, 3.8) is 0 Å². The monoisotopic (exact) mass is 571 g/mol. The van der Waals surface area contributed by atoms with Crippen LogP contribution in [0.25, 0.3) is 0 Å². The van der Waals surface area contributed by atoms with E-state index in [4.69, 9.17) is 15.9 Å². The van der Waals surface area contributed by atoms with Crippen LogP contribution in [-0.4, -0.2) is 53.8 Å². The van der Waals surface area contributed by atoms with E-state index in [1.54, 1.807) is 49.7 Å². The molecule has 1 unspecified atom stereocenters. The van der Waals surface area contributed by atoms with Crippen molar-refractivity contribution in [1.82, 2.24) is 15.3 Å². The molecule has 1 heterocycles. The van der Waals surface area contributed by atoms with Crippen LogP contribution < -0.4 is 21.1 Å². The van der Waals surface area contributed by atoms with Gasteiger partial charge in [-0.3, -0.25) is 15.0 Å². The van der Waals surface area contributed by atoms with Gasteiger partial charge in [0.05, 0.1) is 23.9 Å². The fourth-order valence-electron chi connectivity index (χ4n) is 4.14. The van der Waals surface area contributed by atoms with Gasteiger partial charge in [-0.05, 0) is 50.6 Å². The minimum atomic E-state index is -0.231. The van der Waals surface area contributed by atoms with Gasteiger partial charge in [-0.15, -0.1) is 6.58 Å². The van der Waals surface area contributed by atoms with Crippen molar-refractivity contribution >= 4 is 35.3 Å². The molecule has 0 aliphatic heterocycles. The van der Waals surface area contributed by atoms with Gasteiger partial charge in [-0.2, -0.15) is 0 Å². The minimum absolute atomic E-state index is 0.0358. The molecule has 0 saturated heterocycles. The number of allylic oxidation sites excluding steroid dienone is 1. The largest absolute Gasteiger partial charge is 0.496 e. The molecule has 0 bridgehead atoms. The molecule has 4 rings (SSSR count). The van der Waals surface area contributed by atoms with E-state index in [1.807, 2.05) is 32.0 Å². The summed E-state index contributed by atoms with van der Waals surface area (Å²) in [5.74, 6) is 1.16. The highest BCUT2D eigenvalue weighted by Gasteiger charge is 2.23. The lowest BCUT2D eigenvalue weighted by Gasteiger charge is -2.24. The first-order chi connectivity index (χ1) is 20.3. The van der Waals surface area contributed by atoms with Crippen molar-refractivity contribution in [3.05, 3.63) is 89.8 Å². The van der Waals surface area contributed by atoms with Crippen LogP contribution in [-0.2, 0) is 11.3 Å². The number of hydrogen-bond acceptors (Lipinski definition) is 9. The van der Waals surface area contributed by atoms with Gasteiger partial charge in [0, 0.05) is 38.0 Å². The van der Waals surface area contributed by atoms with Crippen LogP contribution in [0.4, 0.5) is 11.6 Å². The van der Waals surface area contributed by atoms with Gasteiger partial charge in [0.25, 0.3) is 5.91 Å². The van der Waals surface area contributed by atoms with E-state index in [2.05, 4.69) is 32.2 Å². The Labute approximate surface area is 248 Å². The summed E-state index contributed by atoms with van der Waals surface area (Å²) in [4.78, 5) is 36.4. The molecule has 10 heteroatoms. The Morgan fingerprint density at radius 1 is 1.19 bits per heavy atom. The molecule has 1 aliphatic carbocycles. The van der Waals surface area contributed by atoms with E-state index in [1.165, 1.54) is 13.4 Å². The highest BCUT2D eigenvalue weighted by molar-refractivity contribution is 6.16. The summed E-state index contributed by atoms with van der Waals surface area (Å²) in [5, 5.41) is 14.9. The summed E-state index contributed by atoms with van der Waals surface area (Å²) in [5.41, 5.74) is 8.68. The van der Waals surface area contributed by atoms with Crippen LogP contribution in [0, 0.1) is 5.41 Å². The third kappa shape index (κ3) is 9.96. The summed E-state index contributed by atoms with van der Waals surface area (Å²) in [7, 11) is 3.28. The number of ether oxygens (including phenoxy) is 1. The Kier molecular flexibility index (Phi) is 14.1. The summed E-state index contributed by atoms with van der Waals surface area (Å²) in [6.07, 6.45) is 7.59. The second-order valence-electron chi connectivity index (χ2n) is 9.34. The lowest BCUT2D eigenvalue weighted by molar-refractivity contribution is -0.120. The number of Topliss-reactive ketones (excluding diaryl/α,β-unsaturated/α-hetero) is 1. The topological polar surface area (TPSA) is 155 Å².